The van der Waals surface area contributed by atoms with Crippen LogP contribution >= 0.6 is 63.7 Å². The maximum Gasteiger partial charge on any atom is 0.0716 e. The minimum Gasteiger partial charge on any atom is -0.0835 e. The third-order valence-corrected chi connectivity index (χ3v) is 4.60. The molecule has 0 spiro atoms. The van der Waals surface area contributed by atoms with Crippen molar-refractivity contribution >= 4 is 63.7 Å². The summed E-state index contributed by atoms with van der Waals surface area (Å²) in [6.07, 6.45) is 0. The van der Waals surface area contributed by atoms with Gasteiger partial charge < -0.3 is 0 Å². The van der Waals surface area contributed by atoms with Crippen molar-refractivity contribution in [3.8, 4) is 0 Å². The first-order valence-electron chi connectivity index (χ1n) is 1.90. The van der Waals surface area contributed by atoms with Crippen molar-refractivity contribution in [3.05, 3.63) is 7.87 Å². The highest BCUT2D eigenvalue weighted by atomic mass is 79.9. The fourth-order valence-electron chi connectivity index (χ4n) is 0.150. The Morgan fingerprint density at radius 2 is 1.62 bits per heavy atom. The fourth-order valence-corrected chi connectivity index (χ4v) is 1.68. The summed E-state index contributed by atoms with van der Waals surface area (Å²) in [5.41, 5.74) is 0. The Morgan fingerprint density at radius 1 is 1.25 bits per heavy atom. The number of hydrogen-bond acceptors (Lipinski definition) is 0. The Balaban J connectivity index is 4.00. The highest BCUT2D eigenvalue weighted by molar-refractivity contribution is 9.29. The van der Waals surface area contributed by atoms with E-state index in [4.69, 9.17) is 0 Å². The molecule has 0 aliphatic rings. The third-order valence-electron chi connectivity index (χ3n) is 0.530. The van der Waals surface area contributed by atoms with Crippen molar-refractivity contribution in [1.29, 1.82) is 0 Å². The molecule has 0 saturated heterocycles. The average Bonchev–Trinajstić information content (AvgIpc) is 1.64. The molecule has 0 aliphatic heterocycles. The van der Waals surface area contributed by atoms with E-state index < -0.39 is 0 Å². The number of halogens is 4. The molecule has 0 radical (unpaired) electrons. The zero-order valence-corrected chi connectivity index (χ0v) is 10.4. The van der Waals surface area contributed by atoms with Crippen LogP contribution in [0.2, 0.25) is 0 Å². The Morgan fingerprint density at radius 3 is 1.62 bits per heavy atom. The standard InChI is InChI=1S/C4H4Br4/c1-2(5)3(6)4(7)8/h2H,1H3. The van der Waals surface area contributed by atoms with Crippen LogP contribution in [-0.2, 0) is 0 Å². The maximum atomic E-state index is 3.38. The number of alkyl halides is 1. The maximum absolute atomic E-state index is 3.38. The second-order valence-corrected chi connectivity index (χ2v) is 6.10. The van der Waals surface area contributed by atoms with Gasteiger partial charge in [0.25, 0.3) is 0 Å². The van der Waals surface area contributed by atoms with E-state index in [1.807, 2.05) is 6.92 Å². The van der Waals surface area contributed by atoms with Gasteiger partial charge in [0.1, 0.15) is 0 Å². The predicted octanol–water partition coefficient (Wildman–Crippen LogP) is 4.12. The molecule has 0 bridgehead atoms. The first-order valence-corrected chi connectivity index (χ1v) is 5.20. The molecule has 0 aromatic heterocycles. The lowest BCUT2D eigenvalue weighted by molar-refractivity contribution is 1.26. The summed E-state index contributed by atoms with van der Waals surface area (Å²) in [5.74, 6) is 0. The molecule has 0 fully saturated rings. The normalized spacial score (nSPS) is 13.1. The Bertz CT molecular complexity index is 101. The summed E-state index contributed by atoms with van der Waals surface area (Å²) >= 11 is 13.2. The van der Waals surface area contributed by atoms with E-state index in [-0.39, 0.29) is 0 Å². The van der Waals surface area contributed by atoms with Gasteiger partial charge in [0, 0.05) is 9.31 Å². The van der Waals surface area contributed by atoms with Gasteiger partial charge in [-0.25, -0.2) is 0 Å². The molecule has 1 unspecified atom stereocenters. The predicted molar refractivity (Wildman–Crippen MR) is 52.2 cm³/mol. The molecule has 48 valence electrons. The first-order chi connectivity index (χ1) is 3.55. The van der Waals surface area contributed by atoms with Crippen molar-refractivity contribution in [1.82, 2.24) is 0 Å². The van der Waals surface area contributed by atoms with Gasteiger partial charge in [-0.05, 0) is 38.8 Å². The number of hydrogen-bond donors (Lipinski definition) is 0. The minimum absolute atomic E-state index is 0.358. The molecule has 8 heavy (non-hydrogen) atoms. The SMILES string of the molecule is CC(Br)C(Br)=C(Br)Br. The smallest absolute Gasteiger partial charge is 0.0716 e. The summed E-state index contributed by atoms with van der Waals surface area (Å²) in [5, 5.41) is 0. The number of rotatable bonds is 1. The van der Waals surface area contributed by atoms with Crippen molar-refractivity contribution < 1.29 is 0 Å². The molecule has 0 nitrogen and oxygen atoms in total. The third kappa shape index (κ3) is 3.64. The molecule has 0 amide bonds. The molecule has 0 aromatic rings. The van der Waals surface area contributed by atoms with Gasteiger partial charge in [0.05, 0.1) is 3.39 Å². The molecule has 0 saturated carbocycles. The van der Waals surface area contributed by atoms with Crippen LogP contribution in [0.5, 0.6) is 0 Å². The van der Waals surface area contributed by atoms with Crippen molar-refractivity contribution in [2.45, 2.75) is 11.8 Å². The second kappa shape index (κ2) is 4.47. The van der Waals surface area contributed by atoms with Gasteiger partial charge in [-0.3, -0.25) is 0 Å². The monoisotopic (exact) mass is 368 g/mol. The lowest BCUT2D eigenvalue weighted by Crippen LogP contribution is -1.86. The average molecular weight is 372 g/mol. The zero-order chi connectivity index (χ0) is 6.73. The first kappa shape index (κ1) is 9.66. The highest BCUT2D eigenvalue weighted by Gasteiger charge is 2.02. The van der Waals surface area contributed by atoms with E-state index in [1.54, 1.807) is 0 Å². The van der Waals surface area contributed by atoms with Crippen LogP contribution in [0, 0.1) is 0 Å². The Hall–Kier alpha value is 1.66. The van der Waals surface area contributed by atoms with Crippen molar-refractivity contribution in [2.75, 3.05) is 0 Å². The van der Waals surface area contributed by atoms with Crippen LogP contribution in [0.1, 0.15) is 6.92 Å². The van der Waals surface area contributed by atoms with Gasteiger partial charge in [-0.2, -0.15) is 0 Å². The van der Waals surface area contributed by atoms with Gasteiger partial charge in [0.2, 0.25) is 0 Å². The van der Waals surface area contributed by atoms with Gasteiger partial charge in [-0.1, -0.05) is 31.9 Å². The van der Waals surface area contributed by atoms with Gasteiger partial charge >= 0.3 is 0 Å². The summed E-state index contributed by atoms with van der Waals surface area (Å²) in [4.78, 5) is 0.358. The molecule has 0 rings (SSSR count). The van der Waals surface area contributed by atoms with Crippen molar-refractivity contribution in [2.24, 2.45) is 0 Å². The van der Waals surface area contributed by atoms with Crippen LogP contribution in [0.4, 0.5) is 0 Å². The van der Waals surface area contributed by atoms with Crippen LogP contribution in [0.25, 0.3) is 0 Å². The number of allylic oxidation sites excluding steroid dienone is 1. The van der Waals surface area contributed by atoms with Gasteiger partial charge in [0.15, 0.2) is 0 Å². The zero-order valence-electron chi connectivity index (χ0n) is 4.09. The molecular formula is C4H4Br4. The van der Waals surface area contributed by atoms with Crippen LogP contribution < -0.4 is 0 Å². The molecule has 0 heterocycles. The van der Waals surface area contributed by atoms with E-state index >= 15 is 0 Å². The van der Waals surface area contributed by atoms with E-state index in [2.05, 4.69) is 63.7 Å². The van der Waals surface area contributed by atoms with Crippen LogP contribution in [0.15, 0.2) is 7.87 Å². The van der Waals surface area contributed by atoms with E-state index in [0.717, 1.165) is 7.87 Å². The molecule has 0 aromatic carbocycles. The van der Waals surface area contributed by atoms with E-state index in [9.17, 15) is 0 Å². The van der Waals surface area contributed by atoms with E-state index in [0.29, 0.717) is 4.83 Å². The lowest BCUT2D eigenvalue weighted by Gasteiger charge is -1.98. The molecule has 1 atom stereocenters. The minimum atomic E-state index is 0.358. The largest absolute Gasteiger partial charge is 0.0835 e. The Labute approximate surface area is 82.6 Å². The van der Waals surface area contributed by atoms with Crippen LogP contribution in [-0.4, -0.2) is 4.83 Å². The quantitative estimate of drug-likeness (QED) is 0.608. The van der Waals surface area contributed by atoms with Crippen molar-refractivity contribution in [3.63, 3.8) is 0 Å². The highest BCUT2D eigenvalue weighted by Crippen LogP contribution is 2.29. The van der Waals surface area contributed by atoms with Crippen LogP contribution in [0.3, 0.4) is 0 Å². The summed E-state index contributed by atoms with van der Waals surface area (Å²) in [6.45, 7) is 2.03. The fraction of sp³-hybridized carbons (Fsp3) is 0.500. The van der Waals surface area contributed by atoms with Gasteiger partial charge in [-0.15, -0.1) is 0 Å². The van der Waals surface area contributed by atoms with E-state index in [1.165, 1.54) is 0 Å². The lowest BCUT2D eigenvalue weighted by atomic mass is 10.5. The molecular weight excluding hydrogens is 368 g/mol. The second-order valence-electron chi connectivity index (χ2n) is 1.22. The molecule has 0 N–H and O–H groups in total. The summed E-state index contributed by atoms with van der Waals surface area (Å²) in [7, 11) is 0. The summed E-state index contributed by atoms with van der Waals surface area (Å²) < 4.78 is 2.03. The summed E-state index contributed by atoms with van der Waals surface area (Å²) in [6, 6.07) is 0. The topological polar surface area (TPSA) is 0 Å². The molecule has 4 heteroatoms. The molecule has 0 aliphatic carbocycles. The Kier molecular flexibility index (Phi) is 5.40.